The maximum absolute atomic E-state index is 14.3. The molecule has 1 N–H and O–H groups in total. The highest BCUT2D eigenvalue weighted by Crippen LogP contribution is 2.46. The molecule has 1 saturated heterocycles. The van der Waals surface area contributed by atoms with Crippen LogP contribution in [-0.2, 0) is 20.4 Å². The second kappa shape index (κ2) is 15.8. The van der Waals surface area contributed by atoms with Crippen LogP contribution in [0.15, 0.2) is 30.7 Å². The Balaban J connectivity index is 1.20. The van der Waals surface area contributed by atoms with Gasteiger partial charge in [-0.25, -0.2) is 19.9 Å². The highest BCUT2D eigenvalue weighted by atomic mass is 19.4. The van der Waals surface area contributed by atoms with Gasteiger partial charge >= 0.3 is 12.1 Å². The highest BCUT2D eigenvalue weighted by molar-refractivity contribution is 5.91. The third-order valence-corrected chi connectivity index (χ3v) is 11.1. The molecule has 3 aliphatic rings. The number of pyridine rings is 2. The van der Waals surface area contributed by atoms with Crippen LogP contribution >= 0.6 is 0 Å². The molecule has 290 valence electrons. The Morgan fingerprint density at radius 3 is 2.48 bits per heavy atom. The van der Waals surface area contributed by atoms with Gasteiger partial charge in [0, 0.05) is 75.5 Å². The number of fused-ring (bicyclic) bond motifs is 1. The van der Waals surface area contributed by atoms with E-state index in [1.165, 1.54) is 12.3 Å². The summed E-state index contributed by atoms with van der Waals surface area (Å²) in [6.45, 7) is 11.4. The summed E-state index contributed by atoms with van der Waals surface area (Å²) in [7, 11) is 1.73. The van der Waals surface area contributed by atoms with E-state index in [-0.39, 0.29) is 29.0 Å². The number of nitrogens with one attached hydrogen (secondary N) is 1. The first-order chi connectivity index (χ1) is 26.0. The molecular formula is C39H50F3N9O3. The molecule has 1 atom stereocenters. The van der Waals surface area contributed by atoms with Crippen LogP contribution in [0.4, 0.5) is 24.7 Å². The maximum atomic E-state index is 14.3. The van der Waals surface area contributed by atoms with Crippen LogP contribution in [0.1, 0.15) is 82.9 Å². The summed E-state index contributed by atoms with van der Waals surface area (Å²) >= 11 is 0. The molecule has 0 spiro atoms. The summed E-state index contributed by atoms with van der Waals surface area (Å²) in [5.74, 6) is 0.874. The average Bonchev–Trinajstić information content (AvgIpc) is 3.75. The fraction of sp³-hybridized carbons (Fsp3) is 0.590. The molecule has 1 aliphatic heterocycles. The van der Waals surface area contributed by atoms with E-state index in [1.54, 1.807) is 19.5 Å². The van der Waals surface area contributed by atoms with Gasteiger partial charge in [-0.05, 0) is 58.6 Å². The Kier molecular flexibility index (Phi) is 11.1. The number of H-pyrrole nitrogens is 1. The molecule has 54 heavy (non-hydrogen) atoms. The van der Waals surface area contributed by atoms with E-state index in [0.717, 1.165) is 63.4 Å². The lowest BCUT2D eigenvalue weighted by atomic mass is 9.86. The van der Waals surface area contributed by atoms with E-state index in [1.807, 2.05) is 13.0 Å². The van der Waals surface area contributed by atoms with Crippen LogP contribution in [-0.4, -0.2) is 106 Å². The van der Waals surface area contributed by atoms with Crippen LogP contribution in [0, 0.1) is 5.41 Å². The van der Waals surface area contributed by atoms with Gasteiger partial charge in [-0.3, -0.25) is 14.7 Å². The SMILES string of the molecule is CCOC(=O)CCN1CCN(c2cnc(-c3nc4nc(-c5cnc(C6CC6)c(C(F)(F)F)c5)cc(N(CC)CC5(COC)CCCC5)c4[nH]3)cn2)[C@H](C)C1. The molecule has 15 heteroatoms. The molecule has 5 heterocycles. The number of carbonyl (C=O) groups excluding carboxylic acids is 1. The van der Waals surface area contributed by atoms with Crippen LogP contribution in [0.2, 0.25) is 0 Å². The molecule has 2 saturated carbocycles. The Hall–Kier alpha value is -4.37. The van der Waals surface area contributed by atoms with Gasteiger partial charge < -0.3 is 24.3 Å². The van der Waals surface area contributed by atoms with Crippen LogP contribution < -0.4 is 9.80 Å². The minimum atomic E-state index is -4.53. The van der Waals surface area contributed by atoms with Crippen LogP contribution in [0.25, 0.3) is 33.9 Å². The van der Waals surface area contributed by atoms with Crippen LogP contribution in [0.5, 0.6) is 0 Å². The molecule has 0 radical (unpaired) electrons. The van der Waals surface area contributed by atoms with E-state index in [9.17, 15) is 18.0 Å². The summed E-state index contributed by atoms with van der Waals surface area (Å²) in [5, 5.41) is 0. The molecule has 0 unspecified atom stereocenters. The number of aromatic amines is 1. The number of methoxy groups -OCH3 is 1. The number of alkyl halides is 3. The fourth-order valence-corrected chi connectivity index (χ4v) is 8.22. The summed E-state index contributed by atoms with van der Waals surface area (Å²) in [5.41, 5.74) is 2.42. The van der Waals surface area contributed by atoms with Crippen molar-refractivity contribution in [3.63, 3.8) is 0 Å². The second-order valence-corrected chi connectivity index (χ2v) is 15.1. The minimum absolute atomic E-state index is 0.0366. The van der Waals surface area contributed by atoms with Gasteiger partial charge in [-0.2, -0.15) is 13.2 Å². The Morgan fingerprint density at radius 1 is 1.04 bits per heavy atom. The molecule has 0 aromatic carbocycles. The predicted molar refractivity (Wildman–Crippen MR) is 200 cm³/mol. The first-order valence-electron chi connectivity index (χ1n) is 19.2. The van der Waals surface area contributed by atoms with Gasteiger partial charge in [0.25, 0.3) is 0 Å². The molecule has 4 aromatic heterocycles. The molecule has 2 aliphatic carbocycles. The molecule has 4 aromatic rings. The van der Waals surface area contributed by atoms with Gasteiger partial charge in [0.15, 0.2) is 11.5 Å². The van der Waals surface area contributed by atoms with Crippen LogP contribution in [0.3, 0.4) is 0 Å². The van der Waals surface area contributed by atoms with Gasteiger partial charge in [0.05, 0.1) is 54.7 Å². The number of nitrogens with zero attached hydrogens (tertiary/aromatic N) is 8. The number of hydrogen-bond donors (Lipinski definition) is 1. The van der Waals surface area contributed by atoms with Crippen molar-refractivity contribution in [3.05, 3.63) is 42.0 Å². The van der Waals surface area contributed by atoms with Crippen molar-refractivity contribution in [2.75, 3.05) is 69.4 Å². The zero-order chi connectivity index (χ0) is 38.0. The van der Waals surface area contributed by atoms with E-state index >= 15 is 0 Å². The standard InChI is InChI=1S/C39H50F3N9O3/c1-5-50(23-38(24-53-4)12-7-8-13-38)31-18-29(27-17-28(39(40,41)42)34(45-19-27)26-9-10-26)46-37-35(31)47-36(48-37)30-20-44-32(21-43-30)51-16-15-49(22-25(51)3)14-11-33(52)54-6-2/h17-21,25-26H,5-16,22-24H2,1-4H3,(H,46,47,48)/t25-/m1/s1. The minimum Gasteiger partial charge on any atom is -0.466 e. The number of aromatic nitrogens is 6. The topological polar surface area (TPSA) is 125 Å². The number of piperazine rings is 1. The van der Waals surface area contributed by atoms with Crippen molar-refractivity contribution in [2.45, 2.75) is 83.9 Å². The molecule has 0 bridgehead atoms. The van der Waals surface area contributed by atoms with Crippen molar-refractivity contribution in [2.24, 2.45) is 5.41 Å². The zero-order valence-corrected chi connectivity index (χ0v) is 31.6. The zero-order valence-electron chi connectivity index (χ0n) is 31.6. The smallest absolute Gasteiger partial charge is 0.418 e. The Bertz CT molecular complexity index is 1930. The van der Waals surface area contributed by atoms with Crippen molar-refractivity contribution < 1.29 is 27.4 Å². The monoisotopic (exact) mass is 749 g/mol. The third kappa shape index (κ3) is 8.16. The number of halogens is 3. The lowest BCUT2D eigenvalue weighted by Gasteiger charge is -2.40. The average molecular weight is 750 g/mol. The number of esters is 1. The normalized spacial score (nSPS) is 19.1. The van der Waals surface area contributed by atoms with E-state index in [2.05, 4.69) is 38.5 Å². The number of rotatable bonds is 14. The Morgan fingerprint density at radius 2 is 1.83 bits per heavy atom. The summed E-state index contributed by atoms with van der Waals surface area (Å²) in [6.07, 6.45) is 6.55. The van der Waals surface area contributed by atoms with Gasteiger partial charge in [0.1, 0.15) is 17.0 Å². The lowest BCUT2D eigenvalue weighted by Crippen LogP contribution is -2.52. The molecule has 7 rings (SSSR count). The van der Waals surface area contributed by atoms with E-state index in [0.29, 0.717) is 79.5 Å². The molecular weight excluding hydrogens is 699 g/mol. The van der Waals surface area contributed by atoms with E-state index in [4.69, 9.17) is 29.4 Å². The Labute approximate surface area is 313 Å². The number of anilines is 2. The highest BCUT2D eigenvalue weighted by Gasteiger charge is 2.40. The van der Waals surface area contributed by atoms with Crippen molar-refractivity contribution in [1.82, 2.24) is 34.8 Å². The van der Waals surface area contributed by atoms with Gasteiger partial charge in [0.2, 0.25) is 0 Å². The quantitative estimate of drug-likeness (QED) is 0.136. The second-order valence-electron chi connectivity index (χ2n) is 15.1. The lowest BCUT2D eigenvalue weighted by molar-refractivity contribution is -0.143. The van der Waals surface area contributed by atoms with Gasteiger partial charge in [-0.1, -0.05) is 12.8 Å². The molecule has 3 fully saturated rings. The number of hydrogen-bond acceptors (Lipinski definition) is 11. The largest absolute Gasteiger partial charge is 0.466 e. The first-order valence-corrected chi connectivity index (χ1v) is 19.2. The number of ether oxygens (including phenoxy) is 2. The van der Waals surface area contributed by atoms with Gasteiger partial charge in [-0.15, -0.1) is 0 Å². The van der Waals surface area contributed by atoms with Crippen molar-refractivity contribution in [1.29, 1.82) is 0 Å². The molecule has 12 nitrogen and oxygen atoms in total. The van der Waals surface area contributed by atoms with Crippen molar-refractivity contribution >= 4 is 28.6 Å². The van der Waals surface area contributed by atoms with Crippen molar-refractivity contribution in [3.8, 4) is 22.8 Å². The summed E-state index contributed by atoms with van der Waals surface area (Å²) < 4.78 is 53.7. The predicted octanol–water partition coefficient (Wildman–Crippen LogP) is 6.87. The summed E-state index contributed by atoms with van der Waals surface area (Å²) in [6, 6.07) is 3.21. The number of carbonyl (C=O) groups is 1. The fourth-order valence-electron chi connectivity index (χ4n) is 8.22. The molecule has 0 amide bonds. The summed E-state index contributed by atoms with van der Waals surface area (Å²) in [4.78, 5) is 45.6. The maximum Gasteiger partial charge on any atom is 0.418 e. The third-order valence-electron chi connectivity index (χ3n) is 11.1. The van der Waals surface area contributed by atoms with E-state index < -0.39 is 11.7 Å². The number of imidazole rings is 1. The first kappa shape index (κ1) is 37.9.